The van der Waals surface area contributed by atoms with E-state index in [1.54, 1.807) is 4.31 Å². The van der Waals surface area contributed by atoms with Crippen molar-refractivity contribution < 1.29 is 8.42 Å². The molecule has 3 rings (SSSR count). The lowest BCUT2D eigenvalue weighted by Crippen LogP contribution is -2.44. The zero-order valence-corrected chi connectivity index (χ0v) is 11.1. The van der Waals surface area contributed by atoms with Crippen molar-refractivity contribution in [1.82, 2.24) is 9.62 Å². The number of rotatable bonds is 3. The molecule has 1 atom stereocenters. The van der Waals surface area contributed by atoms with E-state index in [1.165, 1.54) is 12.8 Å². The van der Waals surface area contributed by atoms with Crippen LogP contribution in [-0.4, -0.2) is 43.6 Å². The lowest BCUT2D eigenvalue weighted by Gasteiger charge is -2.34. The Labute approximate surface area is 104 Å². The lowest BCUT2D eigenvalue weighted by atomic mass is 9.89. The fraction of sp³-hybridized carbons (Fsp3) is 1.00. The highest BCUT2D eigenvalue weighted by Gasteiger charge is 2.41. The van der Waals surface area contributed by atoms with Gasteiger partial charge in [-0.25, -0.2) is 12.7 Å². The molecule has 1 aliphatic carbocycles. The van der Waals surface area contributed by atoms with Gasteiger partial charge < -0.3 is 5.32 Å². The van der Waals surface area contributed by atoms with E-state index in [-0.39, 0.29) is 5.25 Å². The standard InChI is InChI=1S/C12H22N2O2S/c15-17(16,11-3-4-11)14-8-5-10(6-9-14)12-2-1-7-13-12/h10-13H,1-9H2. The first-order valence-corrected chi connectivity index (χ1v) is 8.40. The second-order valence-corrected chi connectivity index (χ2v) is 7.90. The van der Waals surface area contributed by atoms with Crippen LogP contribution in [0.2, 0.25) is 0 Å². The van der Waals surface area contributed by atoms with E-state index in [0.717, 1.165) is 45.3 Å². The Morgan fingerprint density at radius 1 is 1.00 bits per heavy atom. The van der Waals surface area contributed by atoms with Gasteiger partial charge in [0.05, 0.1) is 5.25 Å². The van der Waals surface area contributed by atoms with Crippen LogP contribution in [-0.2, 0) is 10.0 Å². The molecule has 5 heteroatoms. The average Bonchev–Trinajstić information content (AvgIpc) is 3.07. The molecule has 0 aromatic carbocycles. The van der Waals surface area contributed by atoms with Crippen molar-refractivity contribution in [3.05, 3.63) is 0 Å². The van der Waals surface area contributed by atoms with Gasteiger partial charge in [0, 0.05) is 19.1 Å². The van der Waals surface area contributed by atoms with E-state index in [2.05, 4.69) is 5.32 Å². The number of piperidine rings is 1. The van der Waals surface area contributed by atoms with Gasteiger partial charge in [0.15, 0.2) is 0 Å². The second-order valence-electron chi connectivity index (χ2n) is 5.68. The molecule has 0 amide bonds. The van der Waals surface area contributed by atoms with Crippen molar-refractivity contribution in [2.24, 2.45) is 5.92 Å². The molecular formula is C12H22N2O2S. The Morgan fingerprint density at radius 3 is 2.24 bits per heavy atom. The molecule has 0 aromatic heterocycles. The van der Waals surface area contributed by atoms with Crippen LogP contribution in [0.15, 0.2) is 0 Å². The summed E-state index contributed by atoms with van der Waals surface area (Å²) in [5.41, 5.74) is 0. The highest BCUT2D eigenvalue weighted by atomic mass is 32.2. The van der Waals surface area contributed by atoms with Gasteiger partial charge in [-0.3, -0.25) is 0 Å². The summed E-state index contributed by atoms with van der Waals surface area (Å²) in [6.45, 7) is 2.65. The van der Waals surface area contributed by atoms with Gasteiger partial charge in [0.25, 0.3) is 0 Å². The molecule has 0 bridgehead atoms. The number of nitrogens with one attached hydrogen (secondary N) is 1. The Hall–Kier alpha value is -0.130. The molecule has 1 N–H and O–H groups in total. The van der Waals surface area contributed by atoms with Crippen LogP contribution in [0.25, 0.3) is 0 Å². The predicted molar refractivity (Wildman–Crippen MR) is 67.3 cm³/mol. The summed E-state index contributed by atoms with van der Waals surface area (Å²) in [5.74, 6) is 0.697. The van der Waals surface area contributed by atoms with E-state index < -0.39 is 10.0 Å². The first kappa shape index (κ1) is 11.9. The third-order valence-corrected chi connectivity index (χ3v) is 6.87. The van der Waals surface area contributed by atoms with Crippen molar-refractivity contribution in [3.8, 4) is 0 Å². The molecular weight excluding hydrogens is 236 g/mol. The zero-order valence-electron chi connectivity index (χ0n) is 10.3. The lowest BCUT2D eigenvalue weighted by molar-refractivity contribution is 0.234. The summed E-state index contributed by atoms with van der Waals surface area (Å²) >= 11 is 0. The SMILES string of the molecule is O=S(=O)(C1CC1)N1CCC(C2CCCN2)CC1. The number of hydrogen-bond acceptors (Lipinski definition) is 3. The molecule has 4 nitrogen and oxygen atoms in total. The summed E-state index contributed by atoms with van der Waals surface area (Å²) in [6, 6.07) is 0.653. The predicted octanol–water partition coefficient (Wildman–Crippen LogP) is 0.943. The van der Waals surface area contributed by atoms with Crippen LogP contribution in [0.3, 0.4) is 0 Å². The van der Waals surface area contributed by atoms with Crippen molar-refractivity contribution in [1.29, 1.82) is 0 Å². The third-order valence-electron chi connectivity index (χ3n) is 4.47. The molecule has 2 saturated heterocycles. The second kappa shape index (κ2) is 4.52. The molecule has 1 unspecified atom stereocenters. The van der Waals surface area contributed by atoms with Crippen molar-refractivity contribution in [2.45, 2.75) is 49.8 Å². The fourth-order valence-corrected chi connectivity index (χ4v) is 5.10. The van der Waals surface area contributed by atoms with E-state index in [4.69, 9.17) is 0 Å². The molecule has 3 fully saturated rings. The largest absolute Gasteiger partial charge is 0.314 e. The minimum Gasteiger partial charge on any atom is -0.314 e. The molecule has 0 aromatic rings. The topological polar surface area (TPSA) is 49.4 Å². The monoisotopic (exact) mass is 258 g/mol. The molecule has 98 valence electrons. The van der Waals surface area contributed by atoms with Gasteiger partial charge in [-0.1, -0.05) is 0 Å². The van der Waals surface area contributed by atoms with Crippen LogP contribution in [0.5, 0.6) is 0 Å². The first-order chi connectivity index (χ1) is 8.18. The van der Waals surface area contributed by atoms with Crippen LogP contribution >= 0.6 is 0 Å². The minimum absolute atomic E-state index is 0.0383. The maximum absolute atomic E-state index is 12.1. The zero-order chi connectivity index (χ0) is 11.9. The summed E-state index contributed by atoms with van der Waals surface area (Å²) in [6.07, 6.45) is 6.41. The summed E-state index contributed by atoms with van der Waals surface area (Å²) in [4.78, 5) is 0. The van der Waals surface area contributed by atoms with Crippen LogP contribution in [0, 0.1) is 5.92 Å². The van der Waals surface area contributed by atoms with Crippen molar-refractivity contribution in [2.75, 3.05) is 19.6 Å². The Kier molecular flexibility index (Phi) is 3.17. The Morgan fingerprint density at radius 2 is 1.71 bits per heavy atom. The normalized spacial score (nSPS) is 33.1. The molecule has 1 saturated carbocycles. The maximum atomic E-state index is 12.1. The van der Waals surface area contributed by atoms with E-state index in [9.17, 15) is 8.42 Å². The minimum atomic E-state index is -2.92. The van der Waals surface area contributed by atoms with Gasteiger partial charge in [0.2, 0.25) is 10.0 Å². The van der Waals surface area contributed by atoms with E-state index in [1.807, 2.05) is 0 Å². The molecule has 0 radical (unpaired) electrons. The molecule has 17 heavy (non-hydrogen) atoms. The van der Waals surface area contributed by atoms with E-state index in [0.29, 0.717) is 12.0 Å². The van der Waals surface area contributed by atoms with Crippen molar-refractivity contribution >= 4 is 10.0 Å². The maximum Gasteiger partial charge on any atom is 0.216 e. The third kappa shape index (κ3) is 2.37. The highest BCUT2D eigenvalue weighted by molar-refractivity contribution is 7.90. The summed E-state index contributed by atoms with van der Waals surface area (Å²) in [7, 11) is -2.92. The van der Waals surface area contributed by atoms with Crippen LogP contribution in [0.1, 0.15) is 38.5 Å². The number of nitrogens with zero attached hydrogens (tertiary/aromatic N) is 1. The van der Waals surface area contributed by atoms with Gasteiger partial charge in [-0.2, -0.15) is 0 Å². The van der Waals surface area contributed by atoms with Crippen molar-refractivity contribution in [3.63, 3.8) is 0 Å². The number of hydrogen-bond donors (Lipinski definition) is 1. The van der Waals surface area contributed by atoms with Gasteiger partial charge >= 0.3 is 0 Å². The van der Waals surface area contributed by atoms with Crippen LogP contribution in [0.4, 0.5) is 0 Å². The molecule has 0 spiro atoms. The fourth-order valence-electron chi connectivity index (χ4n) is 3.22. The quantitative estimate of drug-likeness (QED) is 0.820. The summed E-state index contributed by atoms with van der Waals surface area (Å²) in [5, 5.41) is 3.51. The van der Waals surface area contributed by atoms with Crippen LogP contribution < -0.4 is 5.32 Å². The molecule has 2 aliphatic heterocycles. The Balaban J connectivity index is 1.56. The molecule has 2 heterocycles. The highest BCUT2D eigenvalue weighted by Crippen LogP contribution is 2.34. The summed E-state index contributed by atoms with van der Waals surface area (Å²) < 4.78 is 25.9. The van der Waals surface area contributed by atoms with E-state index >= 15 is 0 Å². The molecule has 3 aliphatic rings. The first-order valence-electron chi connectivity index (χ1n) is 6.90. The van der Waals surface area contributed by atoms with Gasteiger partial charge in [-0.05, 0) is 51.0 Å². The smallest absolute Gasteiger partial charge is 0.216 e. The average molecular weight is 258 g/mol. The van der Waals surface area contributed by atoms with Gasteiger partial charge in [-0.15, -0.1) is 0 Å². The van der Waals surface area contributed by atoms with Gasteiger partial charge in [0.1, 0.15) is 0 Å². The number of sulfonamides is 1. The Bertz CT molecular complexity index is 364.